The summed E-state index contributed by atoms with van der Waals surface area (Å²) in [5.41, 5.74) is 0. The molecule has 0 aliphatic carbocycles. The molecular formula is C16H34O4Si. The van der Waals surface area contributed by atoms with Crippen molar-refractivity contribution in [2.24, 2.45) is 0 Å². The first-order valence-electron chi connectivity index (χ1n) is 7.78. The van der Waals surface area contributed by atoms with Crippen LogP contribution in [0.1, 0.15) is 46.5 Å². The average Bonchev–Trinajstić information content (AvgIpc) is 2.26. The summed E-state index contributed by atoms with van der Waals surface area (Å²) in [4.78, 5) is 0. The van der Waals surface area contributed by atoms with Gasteiger partial charge in [0, 0.05) is 6.61 Å². The van der Waals surface area contributed by atoms with Gasteiger partial charge in [-0.15, -0.1) is 6.58 Å². The van der Waals surface area contributed by atoms with Crippen molar-refractivity contribution in [1.29, 1.82) is 0 Å². The van der Waals surface area contributed by atoms with Crippen LogP contribution in [0.2, 0.25) is 18.1 Å². The second-order valence-corrected chi connectivity index (χ2v) is 12.2. The molecule has 21 heavy (non-hydrogen) atoms. The Labute approximate surface area is 131 Å². The van der Waals surface area contributed by atoms with E-state index in [-0.39, 0.29) is 17.9 Å². The van der Waals surface area contributed by atoms with E-state index in [0.717, 1.165) is 0 Å². The van der Waals surface area contributed by atoms with E-state index < -0.39 is 26.6 Å². The van der Waals surface area contributed by atoms with Gasteiger partial charge in [0.1, 0.15) is 0 Å². The molecule has 3 atom stereocenters. The molecule has 0 aromatic heterocycles. The largest absolute Gasteiger partial charge is 0.417 e. The van der Waals surface area contributed by atoms with Gasteiger partial charge >= 0.3 is 0 Å². The Morgan fingerprint density at radius 1 is 1.05 bits per heavy atom. The lowest BCUT2D eigenvalue weighted by atomic mass is 10.0. The summed E-state index contributed by atoms with van der Waals surface area (Å²) in [6.07, 6.45) is 1.27. The molecule has 3 N–H and O–H groups in total. The molecule has 1 unspecified atom stereocenters. The maximum atomic E-state index is 9.94. The predicted molar refractivity (Wildman–Crippen MR) is 89.8 cm³/mol. The van der Waals surface area contributed by atoms with Gasteiger partial charge in [-0.05, 0) is 43.8 Å². The van der Waals surface area contributed by atoms with E-state index in [2.05, 4.69) is 40.4 Å². The fraction of sp³-hybridized carbons (Fsp3) is 0.875. The number of aliphatic hydroxyl groups excluding tert-OH is 3. The van der Waals surface area contributed by atoms with Crippen molar-refractivity contribution >= 4 is 8.32 Å². The van der Waals surface area contributed by atoms with E-state index in [0.29, 0.717) is 19.4 Å². The van der Waals surface area contributed by atoms with Crippen LogP contribution in [0, 0.1) is 0 Å². The summed E-state index contributed by atoms with van der Waals surface area (Å²) in [5.74, 6) is 0. The zero-order valence-electron chi connectivity index (χ0n) is 14.3. The predicted octanol–water partition coefficient (Wildman–Crippen LogP) is 2.84. The van der Waals surface area contributed by atoms with E-state index in [9.17, 15) is 15.3 Å². The Bertz CT molecular complexity index is 299. The smallest absolute Gasteiger partial charge is 0.191 e. The van der Waals surface area contributed by atoms with Crippen LogP contribution in [-0.2, 0) is 4.43 Å². The topological polar surface area (TPSA) is 69.9 Å². The average molecular weight is 319 g/mol. The molecular weight excluding hydrogens is 284 g/mol. The minimum Gasteiger partial charge on any atom is -0.417 e. The van der Waals surface area contributed by atoms with Crippen molar-refractivity contribution < 1.29 is 19.7 Å². The van der Waals surface area contributed by atoms with Gasteiger partial charge in [0.05, 0.1) is 18.3 Å². The Balaban J connectivity index is 4.00. The van der Waals surface area contributed by atoms with Crippen LogP contribution in [0.5, 0.6) is 0 Å². The molecule has 0 aromatic rings. The van der Waals surface area contributed by atoms with Crippen LogP contribution in [0.15, 0.2) is 12.7 Å². The second-order valence-electron chi connectivity index (χ2n) is 7.35. The van der Waals surface area contributed by atoms with Crippen LogP contribution < -0.4 is 0 Å². The number of rotatable bonds is 10. The van der Waals surface area contributed by atoms with Gasteiger partial charge in [-0.25, -0.2) is 0 Å². The molecule has 0 radical (unpaired) electrons. The summed E-state index contributed by atoms with van der Waals surface area (Å²) < 4.78 is 6.00. The highest BCUT2D eigenvalue weighted by molar-refractivity contribution is 6.74. The maximum absolute atomic E-state index is 9.94. The minimum absolute atomic E-state index is 0.159. The molecule has 0 saturated heterocycles. The number of hydrogen-bond acceptors (Lipinski definition) is 4. The zero-order valence-corrected chi connectivity index (χ0v) is 15.3. The van der Waals surface area contributed by atoms with E-state index in [1.54, 1.807) is 6.08 Å². The zero-order chi connectivity index (χ0) is 16.7. The van der Waals surface area contributed by atoms with Gasteiger partial charge in [-0.1, -0.05) is 26.8 Å². The van der Waals surface area contributed by atoms with Crippen LogP contribution in [0.25, 0.3) is 0 Å². The third-order valence-electron chi connectivity index (χ3n) is 4.25. The van der Waals surface area contributed by atoms with E-state index in [1.807, 2.05) is 0 Å². The molecule has 0 fully saturated rings. The SMILES string of the molecule is C=CC[C@H](O)C[C@H](O)CC(O)CCO[Si](C)(C)C(C)(C)C. The van der Waals surface area contributed by atoms with Crippen molar-refractivity contribution in [3.63, 3.8) is 0 Å². The maximum Gasteiger partial charge on any atom is 0.191 e. The quantitative estimate of drug-likeness (QED) is 0.428. The molecule has 0 amide bonds. The molecule has 0 aliphatic heterocycles. The molecule has 0 aliphatic rings. The van der Waals surface area contributed by atoms with Crippen molar-refractivity contribution in [2.45, 2.75) is 82.9 Å². The monoisotopic (exact) mass is 318 g/mol. The first-order valence-corrected chi connectivity index (χ1v) is 10.7. The lowest BCUT2D eigenvalue weighted by Crippen LogP contribution is -2.41. The molecule has 5 heteroatoms. The van der Waals surface area contributed by atoms with Gasteiger partial charge in [0.25, 0.3) is 0 Å². The first-order chi connectivity index (χ1) is 9.49. The molecule has 0 saturated carbocycles. The standard InChI is InChI=1S/C16H34O4Si/c1-7-8-13(17)11-15(19)12-14(18)9-10-20-21(5,6)16(2,3)4/h7,13-15,17-19H,1,8-12H2,2-6H3/t13-,14?,15-/m0/s1. The number of hydrogen-bond donors (Lipinski definition) is 3. The van der Waals surface area contributed by atoms with Gasteiger partial charge in [0.2, 0.25) is 0 Å². The highest BCUT2D eigenvalue weighted by atomic mass is 28.4. The molecule has 0 rings (SSSR count). The first kappa shape index (κ1) is 20.8. The van der Waals surface area contributed by atoms with Gasteiger partial charge < -0.3 is 19.7 Å². The Morgan fingerprint density at radius 3 is 2.05 bits per heavy atom. The fourth-order valence-corrected chi connectivity index (χ4v) is 2.86. The Morgan fingerprint density at radius 2 is 1.57 bits per heavy atom. The third-order valence-corrected chi connectivity index (χ3v) is 8.79. The highest BCUT2D eigenvalue weighted by Crippen LogP contribution is 2.36. The normalized spacial score (nSPS) is 17.3. The lowest BCUT2D eigenvalue weighted by molar-refractivity contribution is 0.0334. The van der Waals surface area contributed by atoms with Gasteiger partial charge in [0.15, 0.2) is 8.32 Å². The van der Waals surface area contributed by atoms with E-state index in [1.165, 1.54) is 0 Å². The van der Waals surface area contributed by atoms with Gasteiger partial charge in [-0.2, -0.15) is 0 Å². The molecule has 0 bridgehead atoms. The highest BCUT2D eigenvalue weighted by Gasteiger charge is 2.37. The molecule has 4 nitrogen and oxygen atoms in total. The van der Waals surface area contributed by atoms with Crippen molar-refractivity contribution in [2.75, 3.05) is 6.61 Å². The summed E-state index contributed by atoms with van der Waals surface area (Å²) in [6.45, 7) is 15.0. The Hall–Kier alpha value is -0.203. The van der Waals surface area contributed by atoms with Crippen LogP contribution in [0.4, 0.5) is 0 Å². The Kier molecular flexibility index (Phi) is 8.97. The minimum atomic E-state index is -1.77. The van der Waals surface area contributed by atoms with Crippen molar-refractivity contribution in [3.05, 3.63) is 12.7 Å². The fourth-order valence-electron chi connectivity index (χ4n) is 1.80. The molecule has 0 aromatic carbocycles. The van der Waals surface area contributed by atoms with Crippen LogP contribution in [0.3, 0.4) is 0 Å². The lowest BCUT2D eigenvalue weighted by Gasteiger charge is -2.36. The summed E-state index contributed by atoms with van der Waals surface area (Å²) in [6, 6.07) is 0. The summed E-state index contributed by atoms with van der Waals surface area (Å²) in [5, 5.41) is 29.5. The molecule has 126 valence electrons. The summed E-state index contributed by atoms with van der Waals surface area (Å²) in [7, 11) is -1.77. The third kappa shape index (κ3) is 8.73. The van der Waals surface area contributed by atoms with E-state index >= 15 is 0 Å². The molecule has 0 spiro atoms. The van der Waals surface area contributed by atoms with Crippen molar-refractivity contribution in [1.82, 2.24) is 0 Å². The van der Waals surface area contributed by atoms with Crippen molar-refractivity contribution in [3.8, 4) is 0 Å². The van der Waals surface area contributed by atoms with Crippen LogP contribution in [-0.4, -0.2) is 48.6 Å². The van der Waals surface area contributed by atoms with Gasteiger partial charge in [-0.3, -0.25) is 0 Å². The second kappa shape index (κ2) is 9.05. The molecule has 0 heterocycles. The number of aliphatic hydroxyl groups is 3. The van der Waals surface area contributed by atoms with Crippen LogP contribution >= 0.6 is 0 Å². The summed E-state index contributed by atoms with van der Waals surface area (Å²) >= 11 is 0. The van der Waals surface area contributed by atoms with E-state index in [4.69, 9.17) is 4.43 Å².